The van der Waals surface area contributed by atoms with Crippen LogP contribution in [-0.2, 0) is 6.42 Å². The highest BCUT2D eigenvalue weighted by Gasteiger charge is 2.13. The Bertz CT molecular complexity index is 300. The molecule has 1 aromatic heterocycles. The lowest BCUT2D eigenvalue weighted by atomic mass is 9.90. The first kappa shape index (κ1) is 12.1. The Hall–Kier alpha value is -0.930. The van der Waals surface area contributed by atoms with Gasteiger partial charge in [0.15, 0.2) is 0 Å². The molecular formula is C11H18F2N2. The van der Waals surface area contributed by atoms with Gasteiger partial charge >= 0.3 is 6.55 Å². The Morgan fingerprint density at radius 2 is 2.07 bits per heavy atom. The highest BCUT2D eigenvalue weighted by molar-refractivity contribution is 4.93. The molecule has 0 spiro atoms. The zero-order chi connectivity index (χ0) is 11.5. The Morgan fingerprint density at radius 3 is 2.60 bits per heavy atom. The molecule has 86 valence electrons. The second-order valence-corrected chi connectivity index (χ2v) is 4.94. The van der Waals surface area contributed by atoms with E-state index in [1.54, 1.807) is 0 Å². The van der Waals surface area contributed by atoms with Gasteiger partial charge in [-0.15, -0.1) is 0 Å². The van der Waals surface area contributed by atoms with Crippen molar-refractivity contribution >= 4 is 0 Å². The summed E-state index contributed by atoms with van der Waals surface area (Å²) in [5.74, 6) is 0.481. The quantitative estimate of drug-likeness (QED) is 0.751. The number of halogens is 2. The molecule has 0 N–H and O–H groups in total. The second-order valence-electron chi connectivity index (χ2n) is 4.94. The van der Waals surface area contributed by atoms with Crippen molar-refractivity contribution in [2.24, 2.45) is 5.41 Å². The maximum atomic E-state index is 12.4. The average molecular weight is 216 g/mol. The van der Waals surface area contributed by atoms with E-state index < -0.39 is 6.55 Å². The number of hydrogen-bond donors (Lipinski definition) is 0. The van der Waals surface area contributed by atoms with Crippen LogP contribution in [0.2, 0.25) is 0 Å². The summed E-state index contributed by atoms with van der Waals surface area (Å²) in [4.78, 5) is 3.94. The van der Waals surface area contributed by atoms with Gasteiger partial charge in [0.2, 0.25) is 0 Å². The number of aromatic nitrogens is 2. The number of hydrogen-bond acceptors (Lipinski definition) is 1. The zero-order valence-corrected chi connectivity index (χ0v) is 9.50. The molecule has 15 heavy (non-hydrogen) atoms. The third-order valence-electron chi connectivity index (χ3n) is 2.29. The van der Waals surface area contributed by atoms with E-state index in [1.807, 2.05) is 0 Å². The third kappa shape index (κ3) is 3.98. The highest BCUT2D eigenvalue weighted by atomic mass is 19.3. The molecule has 0 aliphatic rings. The number of alkyl halides is 2. The lowest BCUT2D eigenvalue weighted by molar-refractivity contribution is 0.0668. The van der Waals surface area contributed by atoms with Crippen molar-refractivity contribution in [1.29, 1.82) is 0 Å². The van der Waals surface area contributed by atoms with Gasteiger partial charge in [0, 0.05) is 18.8 Å². The SMILES string of the molecule is CC(C)(C)CCCc1nccn1C(F)F. The van der Waals surface area contributed by atoms with Crippen molar-refractivity contribution in [3.63, 3.8) is 0 Å². The minimum atomic E-state index is -2.47. The summed E-state index contributed by atoms with van der Waals surface area (Å²) >= 11 is 0. The first-order valence-corrected chi connectivity index (χ1v) is 5.20. The lowest BCUT2D eigenvalue weighted by Crippen LogP contribution is -2.08. The monoisotopic (exact) mass is 216 g/mol. The van der Waals surface area contributed by atoms with Gasteiger partial charge in [0.1, 0.15) is 5.82 Å². The van der Waals surface area contributed by atoms with Gasteiger partial charge in [-0.25, -0.2) is 4.98 Å². The minimum absolute atomic E-state index is 0.252. The summed E-state index contributed by atoms with van der Waals surface area (Å²) < 4.78 is 25.8. The molecule has 0 saturated heterocycles. The van der Waals surface area contributed by atoms with Crippen LogP contribution in [0.3, 0.4) is 0 Å². The van der Waals surface area contributed by atoms with Crippen molar-refractivity contribution in [3.8, 4) is 0 Å². The largest absolute Gasteiger partial charge is 0.319 e. The van der Waals surface area contributed by atoms with Crippen LogP contribution >= 0.6 is 0 Å². The van der Waals surface area contributed by atoms with Gasteiger partial charge < -0.3 is 0 Å². The molecule has 4 heteroatoms. The summed E-state index contributed by atoms with van der Waals surface area (Å²) in [6, 6.07) is 0. The minimum Gasteiger partial charge on any atom is -0.278 e. The van der Waals surface area contributed by atoms with Crippen molar-refractivity contribution in [2.45, 2.75) is 46.6 Å². The molecule has 0 fully saturated rings. The number of imidazole rings is 1. The van der Waals surface area contributed by atoms with Crippen LogP contribution < -0.4 is 0 Å². The first-order valence-electron chi connectivity index (χ1n) is 5.20. The Morgan fingerprint density at radius 1 is 1.40 bits per heavy atom. The second kappa shape index (κ2) is 4.73. The summed E-state index contributed by atoms with van der Waals surface area (Å²) in [6.07, 6.45) is 5.29. The van der Waals surface area contributed by atoms with Gasteiger partial charge in [-0.1, -0.05) is 20.8 Å². The van der Waals surface area contributed by atoms with E-state index >= 15 is 0 Å². The van der Waals surface area contributed by atoms with E-state index in [0.717, 1.165) is 17.4 Å². The molecule has 0 unspecified atom stereocenters. The molecule has 0 bridgehead atoms. The normalized spacial score (nSPS) is 12.4. The van der Waals surface area contributed by atoms with E-state index in [0.29, 0.717) is 12.2 Å². The van der Waals surface area contributed by atoms with E-state index in [-0.39, 0.29) is 5.41 Å². The number of nitrogens with zero attached hydrogens (tertiary/aromatic N) is 2. The molecule has 0 saturated carbocycles. The summed E-state index contributed by atoms with van der Waals surface area (Å²) in [5.41, 5.74) is 0.252. The fourth-order valence-corrected chi connectivity index (χ4v) is 1.49. The first-order chi connectivity index (χ1) is 6.90. The maximum absolute atomic E-state index is 12.4. The third-order valence-corrected chi connectivity index (χ3v) is 2.29. The van der Waals surface area contributed by atoms with Crippen LogP contribution in [0.5, 0.6) is 0 Å². The average Bonchev–Trinajstić information content (AvgIpc) is 2.49. The van der Waals surface area contributed by atoms with E-state index in [9.17, 15) is 8.78 Å². The van der Waals surface area contributed by atoms with Gasteiger partial charge in [0.05, 0.1) is 0 Å². The molecule has 0 aromatic carbocycles. The van der Waals surface area contributed by atoms with Crippen molar-refractivity contribution in [2.75, 3.05) is 0 Å². The van der Waals surface area contributed by atoms with Crippen molar-refractivity contribution in [1.82, 2.24) is 9.55 Å². The number of rotatable bonds is 4. The number of aryl methyl sites for hydroxylation is 1. The highest BCUT2D eigenvalue weighted by Crippen LogP contribution is 2.22. The fourth-order valence-electron chi connectivity index (χ4n) is 1.49. The molecule has 2 nitrogen and oxygen atoms in total. The molecule has 0 atom stereocenters. The van der Waals surface area contributed by atoms with Crippen LogP contribution in [0.4, 0.5) is 8.78 Å². The van der Waals surface area contributed by atoms with Crippen molar-refractivity contribution < 1.29 is 8.78 Å². The molecule has 1 heterocycles. The Kier molecular flexibility index (Phi) is 3.83. The molecule has 1 rings (SSSR count). The van der Waals surface area contributed by atoms with Gasteiger partial charge in [-0.2, -0.15) is 8.78 Å². The molecule has 0 radical (unpaired) electrons. The van der Waals surface area contributed by atoms with Crippen LogP contribution in [0, 0.1) is 5.41 Å². The van der Waals surface area contributed by atoms with Crippen LogP contribution in [0.25, 0.3) is 0 Å². The van der Waals surface area contributed by atoms with E-state index in [2.05, 4.69) is 25.8 Å². The molecule has 0 aliphatic carbocycles. The molecule has 0 aliphatic heterocycles. The zero-order valence-electron chi connectivity index (χ0n) is 9.50. The van der Waals surface area contributed by atoms with Crippen molar-refractivity contribution in [3.05, 3.63) is 18.2 Å². The summed E-state index contributed by atoms with van der Waals surface area (Å²) in [6.45, 7) is 3.96. The maximum Gasteiger partial charge on any atom is 0.319 e. The Balaban J connectivity index is 2.47. The smallest absolute Gasteiger partial charge is 0.278 e. The summed E-state index contributed by atoms with van der Waals surface area (Å²) in [5, 5.41) is 0. The van der Waals surface area contributed by atoms with E-state index in [4.69, 9.17) is 0 Å². The Labute approximate surface area is 89.3 Å². The van der Waals surface area contributed by atoms with Crippen LogP contribution in [0.1, 0.15) is 46.0 Å². The van der Waals surface area contributed by atoms with E-state index in [1.165, 1.54) is 12.4 Å². The predicted octanol–water partition coefficient (Wildman–Crippen LogP) is 3.65. The van der Waals surface area contributed by atoms with Gasteiger partial charge in [-0.3, -0.25) is 4.57 Å². The van der Waals surface area contributed by atoms with Gasteiger partial charge in [-0.05, 0) is 18.3 Å². The fraction of sp³-hybridized carbons (Fsp3) is 0.727. The van der Waals surface area contributed by atoms with Crippen LogP contribution in [0.15, 0.2) is 12.4 Å². The molecule has 0 amide bonds. The van der Waals surface area contributed by atoms with Gasteiger partial charge in [0.25, 0.3) is 0 Å². The van der Waals surface area contributed by atoms with Crippen LogP contribution in [-0.4, -0.2) is 9.55 Å². The molecular weight excluding hydrogens is 198 g/mol. The lowest BCUT2D eigenvalue weighted by Gasteiger charge is -2.17. The summed E-state index contributed by atoms with van der Waals surface area (Å²) in [7, 11) is 0. The standard InChI is InChI=1S/C11H18F2N2/c1-11(2,3)6-4-5-9-14-7-8-15(9)10(12)13/h7-8,10H,4-6H2,1-3H3. The predicted molar refractivity (Wildman–Crippen MR) is 55.9 cm³/mol. The topological polar surface area (TPSA) is 17.8 Å². The molecule has 1 aromatic rings.